The Kier molecular flexibility index (Phi) is 3.81. The van der Waals surface area contributed by atoms with Gasteiger partial charge < -0.3 is 10.0 Å². The van der Waals surface area contributed by atoms with Gasteiger partial charge in [-0.05, 0) is 51.0 Å². The zero-order valence-electron chi connectivity index (χ0n) is 12.8. The minimum absolute atomic E-state index is 0.472. The summed E-state index contributed by atoms with van der Waals surface area (Å²) in [5.41, 5.74) is -1.21. The molecule has 20 heavy (non-hydrogen) atoms. The topological polar surface area (TPSA) is 47.3 Å². The molecule has 0 amide bonds. The first-order chi connectivity index (χ1) is 9.62. The van der Waals surface area contributed by atoms with Crippen LogP contribution in [-0.4, -0.2) is 34.7 Å². The van der Waals surface area contributed by atoms with Gasteiger partial charge in [-0.15, -0.1) is 0 Å². The molecule has 3 nitrogen and oxygen atoms in total. The van der Waals surface area contributed by atoms with Crippen LogP contribution >= 0.6 is 0 Å². The molecule has 112 valence electrons. The molecule has 3 fully saturated rings. The Morgan fingerprint density at radius 3 is 2.80 bits per heavy atom. The number of nitriles is 1. The summed E-state index contributed by atoms with van der Waals surface area (Å²) in [6.07, 6.45) is 9.43. The number of rotatable bonds is 2. The third kappa shape index (κ3) is 2.18. The van der Waals surface area contributed by atoms with E-state index >= 15 is 0 Å². The molecule has 3 rings (SSSR count). The molecule has 2 heterocycles. The molecule has 0 aromatic heterocycles. The summed E-state index contributed by atoms with van der Waals surface area (Å²) >= 11 is 0. The summed E-state index contributed by atoms with van der Waals surface area (Å²) in [5, 5.41) is 21.2. The smallest absolute Gasteiger partial charge is 0.0864 e. The zero-order chi connectivity index (χ0) is 14.2. The highest BCUT2D eigenvalue weighted by atomic mass is 16.3. The summed E-state index contributed by atoms with van der Waals surface area (Å²) in [6, 6.07) is 3.13. The molecule has 3 heteroatoms. The average Bonchev–Trinajstić information content (AvgIpc) is 2.94. The zero-order valence-corrected chi connectivity index (χ0v) is 12.8. The Bertz CT molecular complexity index is 404. The minimum Gasteiger partial charge on any atom is -0.388 e. The van der Waals surface area contributed by atoms with Gasteiger partial charge >= 0.3 is 0 Å². The largest absolute Gasteiger partial charge is 0.388 e. The van der Waals surface area contributed by atoms with Gasteiger partial charge in [0.15, 0.2) is 0 Å². The Balaban J connectivity index is 1.82. The van der Waals surface area contributed by atoms with Gasteiger partial charge in [-0.1, -0.05) is 26.2 Å². The summed E-state index contributed by atoms with van der Waals surface area (Å²) in [4.78, 5) is 2.53. The maximum absolute atomic E-state index is 11.4. The van der Waals surface area contributed by atoms with E-state index in [1.54, 1.807) is 0 Å². The molecule has 0 spiro atoms. The molecule has 1 aliphatic carbocycles. The Morgan fingerprint density at radius 2 is 2.05 bits per heavy atom. The molecule has 4 atom stereocenters. The fourth-order valence-electron chi connectivity index (χ4n) is 5.04. The van der Waals surface area contributed by atoms with Gasteiger partial charge in [-0.2, -0.15) is 5.26 Å². The number of piperidine rings is 1. The second-order valence-corrected chi connectivity index (χ2v) is 7.38. The maximum atomic E-state index is 11.4. The molecular weight excluding hydrogens is 248 g/mol. The maximum Gasteiger partial charge on any atom is 0.0864 e. The molecule has 3 aliphatic rings. The third-order valence-corrected chi connectivity index (χ3v) is 6.42. The molecule has 2 aliphatic heterocycles. The molecule has 0 aromatic rings. The summed E-state index contributed by atoms with van der Waals surface area (Å²) in [6.45, 7) is 4.40. The summed E-state index contributed by atoms with van der Waals surface area (Å²) in [7, 11) is 0. The lowest BCUT2D eigenvalue weighted by atomic mass is 9.57. The molecule has 0 aromatic carbocycles. The number of hydrogen-bond donors (Lipinski definition) is 1. The van der Waals surface area contributed by atoms with Crippen LogP contribution in [0.25, 0.3) is 0 Å². The highest BCUT2D eigenvalue weighted by Gasteiger charge is 2.55. The molecule has 2 saturated heterocycles. The van der Waals surface area contributed by atoms with Crippen LogP contribution in [-0.2, 0) is 0 Å². The van der Waals surface area contributed by atoms with Crippen molar-refractivity contribution in [1.29, 1.82) is 5.26 Å². The highest BCUT2D eigenvalue weighted by molar-refractivity contribution is 5.16. The van der Waals surface area contributed by atoms with Crippen molar-refractivity contribution < 1.29 is 5.11 Å². The van der Waals surface area contributed by atoms with E-state index in [-0.39, 0.29) is 0 Å². The first kappa shape index (κ1) is 14.4. The van der Waals surface area contributed by atoms with Gasteiger partial charge in [-0.25, -0.2) is 0 Å². The van der Waals surface area contributed by atoms with Crippen molar-refractivity contribution in [2.45, 2.75) is 76.4 Å². The molecule has 0 bridgehead atoms. The molecule has 1 N–H and O–H groups in total. The van der Waals surface area contributed by atoms with Crippen molar-refractivity contribution >= 4 is 0 Å². The van der Waals surface area contributed by atoms with Crippen molar-refractivity contribution in [1.82, 2.24) is 4.90 Å². The predicted molar refractivity (Wildman–Crippen MR) is 79.1 cm³/mol. The quantitative estimate of drug-likeness (QED) is 0.843. The first-order valence-corrected chi connectivity index (χ1v) is 8.50. The van der Waals surface area contributed by atoms with Crippen LogP contribution < -0.4 is 0 Å². The van der Waals surface area contributed by atoms with Crippen molar-refractivity contribution in [3.05, 3.63) is 0 Å². The lowest BCUT2D eigenvalue weighted by molar-refractivity contribution is -0.126. The van der Waals surface area contributed by atoms with E-state index in [0.29, 0.717) is 12.0 Å². The van der Waals surface area contributed by atoms with E-state index in [1.165, 1.54) is 25.8 Å². The Labute approximate surface area is 123 Å². The monoisotopic (exact) mass is 276 g/mol. The lowest BCUT2D eigenvalue weighted by Crippen LogP contribution is -2.57. The van der Waals surface area contributed by atoms with Crippen molar-refractivity contribution in [3.8, 4) is 6.07 Å². The Hall–Kier alpha value is -0.590. The first-order valence-electron chi connectivity index (χ1n) is 8.50. The van der Waals surface area contributed by atoms with Crippen molar-refractivity contribution in [2.75, 3.05) is 13.1 Å². The van der Waals surface area contributed by atoms with E-state index in [9.17, 15) is 10.4 Å². The van der Waals surface area contributed by atoms with Crippen LogP contribution in [0.2, 0.25) is 0 Å². The van der Waals surface area contributed by atoms with Crippen molar-refractivity contribution in [2.24, 2.45) is 11.3 Å². The van der Waals surface area contributed by atoms with Crippen molar-refractivity contribution in [3.63, 3.8) is 0 Å². The molecule has 1 saturated carbocycles. The minimum atomic E-state index is -0.735. The van der Waals surface area contributed by atoms with E-state index < -0.39 is 11.0 Å². The van der Waals surface area contributed by atoms with Gasteiger partial charge in [-0.3, -0.25) is 0 Å². The lowest BCUT2D eigenvalue weighted by Gasteiger charge is -2.52. The highest BCUT2D eigenvalue weighted by Crippen LogP contribution is 2.52. The van der Waals surface area contributed by atoms with Gasteiger partial charge in [0.1, 0.15) is 0 Å². The second-order valence-electron chi connectivity index (χ2n) is 7.38. The number of hydrogen-bond acceptors (Lipinski definition) is 3. The third-order valence-electron chi connectivity index (χ3n) is 6.42. The standard InChI is InChI=1S/C17H28N2O/c1-2-14-5-3-7-16(11-14,13-18)17(20)8-10-19-9-4-6-15(19)12-17/h14-15,20H,2-12H2,1H3. The van der Waals surface area contributed by atoms with E-state index in [0.717, 1.165) is 45.1 Å². The molecule has 4 unspecified atom stereocenters. The van der Waals surface area contributed by atoms with Gasteiger partial charge in [0.2, 0.25) is 0 Å². The van der Waals surface area contributed by atoms with Crippen LogP contribution in [0.5, 0.6) is 0 Å². The number of nitrogens with zero attached hydrogens (tertiary/aromatic N) is 2. The van der Waals surface area contributed by atoms with Crippen LogP contribution in [0.15, 0.2) is 0 Å². The van der Waals surface area contributed by atoms with Gasteiger partial charge in [0, 0.05) is 12.6 Å². The van der Waals surface area contributed by atoms with Gasteiger partial charge in [0.25, 0.3) is 0 Å². The normalized spacial score (nSPS) is 45.9. The number of aliphatic hydroxyl groups is 1. The van der Waals surface area contributed by atoms with E-state index in [4.69, 9.17) is 0 Å². The fraction of sp³-hybridized carbons (Fsp3) is 0.941. The fourth-order valence-corrected chi connectivity index (χ4v) is 5.04. The summed E-state index contributed by atoms with van der Waals surface area (Å²) in [5.74, 6) is 0.633. The second kappa shape index (κ2) is 5.31. The average molecular weight is 276 g/mol. The predicted octanol–water partition coefficient (Wildman–Crippen LogP) is 3.09. The van der Waals surface area contributed by atoms with Gasteiger partial charge in [0.05, 0.1) is 17.1 Å². The van der Waals surface area contributed by atoms with E-state index in [1.807, 2.05) is 0 Å². The molecule has 0 radical (unpaired) electrons. The molecular formula is C17H28N2O. The van der Waals surface area contributed by atoms with Crippen LogP contribution in [0, 0.1) is 22.7 Å². The van der Waals surface area contributed by atoms with Crippen LogP contribution in [0.4, 0.5) is 0 Å². The SMILES string of the molecule is CCC1CCCC(C#N)(C2(O)CCN3CCCC3C2)C1. The van der Waals surface area contributed by atoms with Crippen LogP contribution in [0.3, 0.4) is 0 Å². The van der Waals surface area contributed by atoms with E-state index in [2.05, 4.69) is 17.9 Å². The van der Waals surface area contributed by atoms with Crippen LogP contribution in [0.1, 0.15) is 64.7 Å². The number of fused-ring (bicyclic) bond motifs is 1. The summed E-state index contributed by atoms with van der Waals surface area (Å²) < 4.78 is 0. The Morgan fingerprint density at radius 1 is 1.20 bits per heavy atom.